The lowest BCUT2D eigenvalue weighted by Gasteiger charge is -2.19. The van der Waals surface area contributed by atoms with Crippen molar-refractivity contribution in [2.75, 3.05) is 27.7 Å². The summed E-state index contributed by atoms with van der Waals surface area (Å²) < 4.78 is 4.78. The number of phenolic OH excluding ortho intramolecular Hbond substituents is 1. The number of aromatic hydroxyl groups is 1. The molecule has 0 aromatic heterocycles. The molecular formula is C13H19NO3. The number of methoxy groups -OCH3 is 1. The second-order valence-electron chi connectivity index (χ2n) is 4.32. The third kappa shape index (κ3) is 4.07. The molecule has 0 radical (unpaired) electrons. The maximum Gasteiger partial charge on any atom is 0.310 e. The average molecular weight is 237 g/mol. The van der Waals surface area contributed by atoms with Gasteiger partial charge in [-0.1, -0.05) is 18.2 Å². The molecule has 4 nitrogen and oxygen atoms in total. The minimum absolute atomic E-state index is 0.222. The Labute approximate surface area is 102 Å². The quantitative estimate of drug-likeness (QED) is 0.784. The number of rotatable bonds is 5. The zero-order valence-electron chi connectivity index (χ0n) is 10.5. The molecule has 1 aromatic rings. The summed E-state index contributed by atoms with van der Waals surface area (Å²) in [5.74, 6) is -0.287. The van der Waals surface area contributed by atoms with Gasteiger partial charge in [0.15, 0.2) is 0 Å². The highest BCUT2D eigenvalue weighted by molar-refractivity contribution is 5.73. The number of ether oxygens (including phenoxy) is 1. The van der Waals surface area contributed by atoms with Crippen LogP contribution in [0.1, 0.15) is 5.56 Å². The Balaban J connectivity index is 2.79. The van der Waals surface area contributed by atoms with Crippen molar-refractivity contribution in [1.82, 2.24) is 4.90 Å². The Morgan fingerprint density at radius 3 is 2.59 bits per heavy atom. The van der Waals surface area contributed by atoms with E-state index in [0.29, 0.717) is 13.0 Å². The molecule has 1 rings (SSSR count). The molecule has 0 aliphatic carbocycles. The predicted octanol–water partition coefficient (Wildman–Crippen LogP) is 1.29. The molecule has 0 fully saturated rings. The number of carbonyl (C=O) groups is 1. The summed E-state index contributed by atoms with van der Waals surface area (Å²) in [6.07, 6.45) is 0.484. The third-order valence-corrected chi connectivity index (χ3v) is 2.58. The first-order chi connectivity index (χ1) is 8.04. The Kier molecular flexibility index (Phi) is 4.97. The highest BCUT2D eigenvalue weighted by Gasteiger charge is 2.21. The van der Waals surface area contributed by atoms with Gasteiger partial charge in [-0.05, 0) is 32.1 Å². The number of benzene rings is 1. The monoisotopic (exact) mass is 237 g/mol. The smallest absolute Gasteiger partial charge is 0.310 e. The summed E-state index contributed by atoms with van der Waals surface area (Å²) in [6.45, 7) is 0.598. The highest BCUT2D eigenvalue weighted by Crippen LogP contribution is 2.20. The topological polar surface area (TPSA) is 49.8 Å². The maximum atomic E-state index is 11.6. The Morgan fingerprint density at radius 2 is 2.06 bits per heavy atom. The average Bonchev–Trinajstić information content (AvgIpc) is 2.29. The number of hydrogen-bond donors (Lipinski definition) is 1. The summed E-state index contributed by atoms with van der Waals surface area (Å²) >= 11 is 0. The van der Waals surface area contributed by atoms with Crippen molar-refractivity contribution >= 4 is 5.97 Å². The molecule has 4 heteroatoms. The zero-order valence-corrected chi connectivity index (χ0v) is 10.5. The van der Waals surface area contributed by atoms with Crippen LogP contribution in [-0.4, -0.2) is 43.7 Å². The molecule has 1 unspecified atom stereocenters. The first-order valence-electron chi connectivity index (χ1n) is 5.54. The van der Waals surface area contributed by atoms with Crippen molar-refractivity contribution in [2.24, 2.45) is 5.92 Å². The number of hydrogen-bond acceptors (Lipinski definition) is 4. The molecule has 1 aromatic carbocycles. The molecule has 0 aliphatic heterocycles. The van der Waals surface area contributed by atoms with Gasteiger partial charge in [0.1, 0.15) is 5.75 Å². The van der Waals surface area contributed by atoms with Crippen molar-refractivity contribution in [3.8, 4) is 5.75 Å². The van der Waals surface area contributed by atoms with Crippen molar-refractivity contribution in [1.29, 1.82) is 0 Å². The summed E-state index contributed by atoms with van der Waals surface area (Å²) in [7, 11) is 5.19. The minimum atomic E-state index is -0.261. The van der Waals surface area contributed by atoms with Gasteiger partial charge in [-0.3, -0.25) is 4.79 Å². The van der Waals surface area contributed by atoms with Gasteiger partial charge in [-0.25, -0.2) is 0 Å². The van der Waals surface area contributed by atoms with Crippen LogP contribution in [0.25, 0.3) is 0 Å². The number of phenols is 1. The molecule has 94 valence electrons. The van der Waals surface area contributed by atoms with E-state index in [2.05, 4.69) is 0 Å². The normalized spacial score (nSPS) is 12.5. The molecule has 17 heavy (non-hydrogen) atoms. The molecule has 0 amide bonds. The van der Waals surface area contributed by atoms with Gasteiger partial charge >= 0.3 is 5.97 Å². The summed E-state index contributed by atoms with van der Waals surface area (Å²) in [5, 5.41) is 9.68. The van der Waals surface area contributed by atoms with E-state index in [0.717, 1.165) is 5.56 Å². The van der Waals surface area contributed by atoms with Gasteiger partial charge in [-0.2, -0.15) is 0 Å². The molecule has 0 heterocycles. The second-order valence-corrected chi connectivity index (χ2v) is 4.32. The van der Waals surface area contributed by atoms with E-state index in [1.807, 2.05) is 31.1 Å². The lowest BCUT2D eigenvalue weighted by atomic mass is 9.98. The highest BCUT2D eigenvalue weighted by atomic mass is 16.5. The first-order valence-corrected chi connectivity index (χ1v) is 5.54. The van der Waals surface area contributed by atoms with Crippen LogP contribution in [0.2, 0.25) is 0 Å². The van der Waals surface area contributed by atoms with Crippen molar-refractivity contribution < 1.29 is 14.6 Å². The SMILES string of the molecule is COC(=O)C(Cc1ccccc1O)CN(C)C. The fraction of sp³-hybridized carbons (Fsp3) is 0.462. The van der Waals surface area contributed by atoms with Gasteiger partial charge < -0.3 is 14.7 Å². The molecule has 0 spiro atoms. The molecule has 1 N–H and O–H groups in total. The van der Waals surface area contributed by atoms with E-state index in [-0.39, 0.29) is 17.6 Å². The van der Waals surface area contributed by atoms with E-state index in [1.54, 1.807) is 12.1 Å². The van der Waals surface area contributed by atoms with E-state index >= 15 is 0 Å². The van der Waals surface area contributed by atoms with Crippen LogP contribution in [0.5, 0.6) is 5.75 Å². The fourth-order valence-electron chi connectivity index (χ4n) is 1.78. The second kappa shape index (κ2) is 6.25. The minimum Gasteiger partial charge on any atom is -0.508 e. The summed E-state index contributed by atoms with van der Waals surface area (Å²) in [6, 6.07) is 7.05. The number of carbonyl (C=O) groups excluding carboxylic acids is 1. The maximum absolute atomic E-state index is 11.6. The van der Waals surface area contributed by atoms with Crippen LogP contribution < -0.4 is 0 Å². The Hall–Kier alpha value is -1.55. The molecule has 0 aliphatic rings. The Morgan fingerprint density at radius 1 is 1.41 bits per heavy atom. The van der Waals surface area contributed by atoms with Crippen LogP contribution in [0.3, 0.4) is 0 Å². The third-order valence-electron chi connectivity index (χ3n) is 2.58. The van der Waals surface area contributed by atoms with E-state index < -0.39 is 0 Å². The summed E-state index contributed by atoms with van der Waals surface area (Å²) in [4.78, 5) is 13.6. The van der Waals surface area contributed by atoms with Crippen LogP contribution >= 0.6 is 0 Å². The number of nitrogens with zero attached hydrogens (tertiary/aromatic N) is 1. The van der Waals surface area contributed by atoms with Gasteiger partial charge in [0.05, 0.1) is 13.0 Å². The lowest BCUT2D eigenvalue weighted by Crippen LogP contribution is -2.30. The molecule has 1 atom stereocenters. The van der Waals surface area contributed by atoms with Crippen molar-refractivity contribution in [3.63, 3.8) is 0 Å². The molecule has 0 bridgehead atoms. The lowest BCUT2D eigenvalue weighted by molar-refractivity contribution is -0.145. The van der Waals surface area contributed by atoms with Crippen LogP contribution in [0.4, 0.5) is 0 Å². The number of para-hydroxylation sites is 1. The van der Waals surface area contributed by atoms with Gasteiger partial charge in [0.2, 0.25) is 0 Å². The van der Waals surface area contributed by atoms with E-state index in [4.69, 9.17) is 4.74 Å². The van der Waals surface area contributed by atoms with E-state index in [9.17, 15) is 9.90 Å². The summed E-state index contributed by atoms with van der Waals surface area (Å²) in [5.41, 5.74) is 0.768. The fourth-order valence-corrected chi connectivity index (χ4v) is 1.78. The molecular weight excluding hydrogens is 218 g/mol. The van der Waals surface area contributed by atoms with Crippen molar-refractivity contribution in [2.45, 2.75) is 6.42 Å². The van der Waals surface area contributed by atoms with Crippen LogP contribution in [0, 0.1) is 5.92 Å². The van der Waals surface area contributed by atoms with E-state index in [1.165, 1.54) is 7.11 Å². The predicted molar refractivity (Wildman–Crippen MR) is 65.9 cm³/mol. The molecule has 0 saturated carbocycles. The largest absolute Gasteiger partial charge is 0.508 e. The first kappa shape index (κ1) is 13.5. The Bertz CT molecular complexity index is 377. The van der Waals surface area contributed by atoms with Crippen molar-refractivity contribution in [3.05, 3.63) is 29.8 Å². The van der Waals surface area contributed by atoms with Crippen LogP contribution in [-0.2, 0) is 16.0 Å². The van der Waals surface area contributed by atoms with Gasteiger partial charge in [0.25, 0.3) is 0 Å². The van der Waals surface area contributed by atoms with Gasteiger partial charge in [-0.15, -0.1) is 0 Å². The van der Waals surface area contributed by atoms with Crippen LogP contribution in [0.15, 0.2) is 24.3 Å². The zero-order chi connectivity index (χ0) is 12.8. The molecule has 0 saturated heterocycles. The van der Waals surface area contributed by atoms with Gasteiger partial charge in [0, 0.05) is 6.54 Å². The standard InChI is InChI=1S/C13H19NO3/c1-14(2)9-11(13(16)17-3)8-10-6-4-5-7-12(10)15/h4-7,11,15H,8-9H2,1-3H3. The number of esters is 1.